The molecule has 1 fully saturated rings. The third kappa shape index (κ3) is 3.61. The molecule has 1 unspecified atom stereocenters. The van der Waals surface area contributed by atoms with E-state index in [1.54, 1.807) is 0 Å². The van der Waals surface area contributed by atoms with Crippen molar-refractivity contribution in [1.82, 2.24) is 4.72 Å². The van der Waals surface area contributed by atoms with Gasteiger partial charge < -0.3 is 9.52 Å². The topological polar surface area (TPSA) is 114 Å². The number of hydrogen-bond donors (Lipinski definition) is 2. The summed E-state index contributed by atoms with van der Waals surface area (Å²) in [6, 6.07) is 0.558. The van der Waals surface area contributed by atoms with Crippen LogP contribution in [0.15, 0.2) is 20.0 Å². The minimum Gasteiger partial charge on any atom is -0.450 e. The van der Waals surface area contributed by atoms with Gasteiger partial charge in [-0.1, -0.05) is 0 Å². The Labute approximate surface area is 125 Å². The standard InChI is InChI=1S/C10H14BrNO6S2/c11-10-9(4-8(5-13)18-10)20(16,17)12-7-2-1-3-19(14,15)6-7/h4,7,12-13H,1-3,5-6H2. The average Bonchev–Trinajstić information content (AvgIpc) is 2.69. The zero-order valence-electron chi connectivity index (χ0n) is 10.4. The van der Waals surface area contributed by atoms with E-state index in [2.05, 4.69) is 20.7 Å². The number of aliphatic hydroxyl groups is 1. The van der Waals surface area contributed by atoms with Gasteiger partial charge in [-0.25, -0.2) is 21.6 Å². The summed E-state index contributed by atoms with van der Waals surface area (Å²) in [5.74, 6) is -0.00218. The predicted molar refractivity (Wildman–Crippen MR) is 74.3 cm³/mol. The van der Waals surface area contributed by atoms with Crippen LogP contribution in [0.4, 0.5) is 0 Å². The molecule has 0 bridgehead atoms. The SMILES string of the molecule is O=S1(=O)CCCC(NS(=O)(=O)c2cc(CO)oc2Br)C1. The minimum absolute atomic E-state index is 0.0206. The molecule has 1 aliphatic heterocycles. The maximum Gasteiger partial charge on any atom is 0.245 e. The van der Waals surface area contributed by atoms with Crippen molar-refractivity contribution in [3.63, 3.8) is 0 Å². The van der Waals surface area contributed by atoms with Crippen LogP contribution in [0.3, 0.4) is 0 Å². The minimum atomic E-state index is -3.90. The summed E-state index contributed by atoms with van der Waals surface area (Å²) in [6.45, 7) is -0.425. The zero-order chi connectivity index (χ0) is 15.0. The number of furan rings is 1. The molecule has 0 spiro atoms. The number of rotatable bonds is 4. The average molecular weight is 388 g/mol. The molecule has 2 heterocycles. The van der Waals surface area contributed by atoms with Gasteiger partial charge in [-0.3, -0.25) is 0 Å². The lowest BCUT2D eigenvalue weighted by atomic mass is 10.2. The van der Waals surface area contributed by atoms with E-state index in [0.29, 0.717) is 12.8 Å². The summed E-state index contributed by atoms with van der Waals surface area (Å²) in [5, 5.41) is 8.92. The number of hydrogen-bond acceptors (Lipinski definition) is 6. The van der Waals surface area contributed by atoms with Crippen LogP contribution in [0.2, 0.25) is 0 Å². The molecule has 1 atom stereocenters. The molecule has 0 aliphatic carbocycles. The molecule has 1 aliphatic rings. The molecule has 114 valence electrons. The molecule has 2 rings (SSSR count). The molecular formula is C10H14BrNO6S2. The summed E-state index contributed by atoms with van der Waals surface area (Å²) in [6.07, 6.45) is 0.907. The Balaban J connectivity index is 2.20. The molecular weight excluding hydrogens is 374 g/mol. The Morgan fingerprint density at radius 1 is 1.50 bits per heavy atom. The van der Waals surface area contributed by atoms with E-state index < -0.39 is 32.5 Å². The second-order valence-corrected chi connectivity index (χ2v) is 9.21. The number of sulfonamides is 1. The van der Waals surface area contributed by atoms with Gasteiger partial charge in [0.05, 0.1) is 11.5 Å². The van der Waals surface area contributed by atoms with E-state index in [4.69, 9.17) is 9.52 Å². The smallest absolute Gasteiger partial charge is 0.245 e. The summed E-state index contributed by atoms with van der Waals surface area (Å²) in [7, 11) is -7.09. The molecule has 1 aromatic rings. The van der Waals surface area contributed by atoms with Gasteiger partial charge in [0, 0.05) is 12.1 Å². The van der Waals surface area contributed by atoms with Crippen LogP contribution in [0, 0.1) is 0 Å². The fourth-order valence-corrected chi connectivity index (χ4v) is 6.07. The van der Waals surface area contributed by atoms with Crippen molar-refractivity contribution in [2.24, 2.45) is 0 Å². The molecule has 0 amide bonds. The largest absolute Gasteiger partial charge is 0.450 e. The van der Waals surface area contributed by atoms with E-state index in [0.717, 1.165) is 0 Å². The van der Waals surface area contributed by atoms with Crippen LogP contribution < -0.4 is 4.72 Å². The van der Waals surface area contributed by atoms with Crippen molar-refractivity contribution in [2.75, 3.05) is 11.5 Å². The zero-order valence-corrected chi connectivity index (χ0v) is 13.6. The monoisotopic (exact) mass is 387 g/mol. The van der Waals surface area contributed by atoms with Gasteiger partial charge in [-0.05, 0) is 28.8 Å². The number of nitrogens with one attached hydrogen (secondary N) is 1. The summed E-state index contributed by atoms with van der Waals surface area (Å²) in [4.78, 5) is -0.149. The lowest BCUT2D eigenvalue weighted by Crippen LogP contribution is -2.43. The van der Waals surface area contributed by atoms with Gasteiger partial charge in [-0.2, -0.15) is 0 Å². The Bertz CT molecular complexity index is 693. The van der Waals surface area contributed by atoms with Gasteiger partial charge >= 0.3 is 0 Å². The van der Waals surface area contributed by atoms with E-state index in [-0.39, 0.29) is 26.8 Å². The fourth-order valence-electron chi connectivity index (χ4n) is 2.06. The van der Waals surface area contributed by atoms with Crippen molar-refractivity contribution in [3.8, 4) is 0 Å². The first-order valence-corrected chi connectivity index (χ1v) is 9.95. The molecule has 20 heavy (non-hydrogen) atoms. The summed E-state index contributed by atoms with van der Waals surface area (Å²) in [5.41, 5.74) is 0. The highest BCUT2D eigenvalue weighted by atomic mass is 79.9. The van der Waals surface area contributed by atoms with Crippen LogP contribution in [0.1, 0.15) is 18.6 Å². The molecule has 0 radical (unpaired) electrons. The fraction of sp³-hybridized carbons (Fsp3) is 0.600. The van der Waals surface area contributed by atoms with Crippen LogP contribution in [-0.2, 0) is 26.5 Å². The van der Waals surface area contributed by atoms with Crippen molar-refractivity contribution in [1.29, 1.82) is 0 Å². The van der Waals surface area contributed by atoms with Gasteiger partial charge in [0.15, 0.2) is 14.5 Å². The van der Waals surface area contributed by atoms with E-state index >= 15 is 0 Å². The van der Waals surface area contributed by atoms with Crippen molar-refractivity contribution < 1.29 is 26.4 Å². The van der Waals surface area contributed by atoms with Gasteiger partial charge in [-0.15, -0.1) is 0 Å². The molecule has 1 saturated heterocycles. The highest BCUT2D eigenvalue weighted by Crippen LogP contribution is 2.27. The first-order valence-electron chi connectivity index (χ1n) is 5.85. The van der Waals surface area contributed by atoms with E-state index in [9.17, 15) is 16.8 Å². The highest BCUT2D eigenvalue weighted by Gasteiger charge is 2.30. The molecule has 7 nitrogen and oxygen atoms in total. The van der Waals surface area contributed by atoms with Gasteiger partial charge in [0.25, 0.3) is 0 Å². The van der Waals surface area contributed by atoms with Crippen molar-refractivity contribution in [3.05, 3.63) is 16.5 Å². The normalized spacial score (nSPS) is 22.8. The Morgan fingerprint density at radius 2 is 2.20 bits per heavy atom. The quantitative estimate of drug-likeness (QED) is 0.772. The number of aliphatic hydroxyl groups excluding tert-OH is 1. The van der Waals surface area contributed by atoms with E-state index in [1.807, 2.05) is 0 Å². The van der Waals surface area contributed by atoms with E-state index in [1.165, 1.54) is 6.07 Å². The molecule has 10 heteroatoms. The van der Waals surface area contributed by atoms with Crippen LogP contribution in [0.5, 0.6) is 0 Å². The third-order valence-corrected chi connectivity index (χ3v) is 7.14. The third-order valence-electron chi connectivity index (χ3n) is 2.94. The number of halogens is 1. The lowest BCUT2D eigenvalue weighted by Gasteiger charge is -2.22. The Kier molecular flexibility index (Phi) is 4.59. The second-order valence-electron chi connectivity index (χ2n) is 4.58. The second kappa shape index (κ2) is 5.76. The maximum absolute atomic E-state index is 12.2. The molecule has 2 N–H and O–H groups in total. The lowest BCUT2D eigenvalue weighted by molar-refractivity contribution is 0.245. The van der Waals surface area contributed by atoms with Gasteiger partial charge in [0.2, 0.25) is 10.0 Å². The van der Waals surface area contributed by atoms with Crippen molar-refractivity contribution >= 4 is 35.8 Å². The summed E-state index contributed by atoms with van der Waals surface area (Å²) >= 11 is 2.97. The first kappa shape index (κ1) is 16.0. The van der Waals surface area contributed by atoms with Crippen molar-refractivity contribution in [2.45, 2.75) is 30.4 Å². The first-order chi connectivity index (χ1) is 9.23. The predicted octanol–water partition coefficient (Wildman–Crippen LogP) is 0.390. The number of sulfone groups is 1. The summed E-state index contributed by atoms with van der Waals surface area (Å²) < 4.78 is 54.7. The maximum atomic E-state index is 12.2. The molecule has 1 aromatic heterocycles. The van der Waals surface area contributed by atoms with Gasteiger partial charge in [0.1, 0.15) is 17.3 Å². The Hall–Kier alpha value is -0.420. The van der Waals surface area contributed by atoms with Crippen LogP contribution in [0.25, 0.3) is 0 Å². The Morgan fingerprint density at radius 3 is 2.75 bits per heavy atom. The highest BCUT2D eigenvalue weighted by molar-refractivity contribution is 9.10. The molecule has 0 aromatic carbocycles. The van der Waals surface area contributed by atoms with Crippen LogP contribution in [-0.4, -0.2) is 39.5 Å². The van der Waals surface area contributed by atoms with Crippen LogP contribution >= 0.6 is 15.9 Å². The molecule has 0 saturated carbocycles.